The monoisotopic (exact) mass is 254 g/mol. The quantitative estimate of drug-likeness (QED) is 0.752. The van der Waals surface area contributed by atoms with Crippen molar-refractivity contribution in [2.45, 2.75) is 45.2 Å². The number of carbonyl (C=O) groups is 2. The summed E-state index contributed by atoms with van der Waals surface area (Å²) in [7, 11) is 0. The number of piperidine rings is 1. The Morgan fingerprint density at radius 1 is 1.61 bits per heavy atom. The van der Waals surface area contributed by atoms with Gasteiger partial charge in [-0.15, -0.1) is 6.58 Å². The fourth-order valence-corrected chi connectivity index (χ4v) is 2.39. The summed E-state index contributed by atoms with van der Waals surface area (Å²) >= 11 is 0. The van der Waals surface area contributed by atoms with Crippen molar-refractivity contribution in [2.75, 3.05) is 6.54 Å². The summed E-state index contributed by atoms with van der Waals surface area (Å²) in [6, 6.07) is -1.03. The molecular weight excluding hydrogens is 232 g/mol. The van der Waals surface area contributed by atoms with Gasteiger partial charge in [-0.25, -0.2) is 9.59 Å². The molecule has 0 spiro atoms. The van der Waals surface area contributed by atoms with Crippen LogP contribution in [0.25, 0.3) is 0 Å². The number of urea groups is 1. The Hall–Kier alpha value is -1.52. The Kier molecular flexibility index (Phi) is 5.19. The fourth-order valence-electron chi connectivity index (χ4n) is 2.39. The molecule has 5 nitrogen and oxygen atoms in total. The highest BCUT2D eigenvalue weighted by molar-refractivity contribution is 5.83. The van der Waals surface area contributed by atoms with E-state index in [-0.39, 0.29) is 18.0 Å². The third-order valence-electron chi connectivity index (χ3n) is 3.34. The van der Waals surface area contributed by atoms with E-state index in [4.69, 9.17) is 0 Å². The number of hydrogen-bond donors (Lipinski definition) is 2. The lowest BCUT2D eigenvalue weighted by molar-refractivity contribution is -0.145. The number of carboxylic acids is 1. The third-order valence-corrected chi connectivity index (χ3v) is 3.34. The lowest BCUT2D eigenvalue weighted by Crippen LogP contribution is -2.56. The number of aliphatic carboxylic acids is 1. The largest absolute Gasteiger partial charge is 0.480 e. The number of nitrogens with zero attached hydrogens (tertiary/aromatic N) is 1. The first-order chi connectivity index (χ1) is 8.47. The molecule has 0 aromatic heterocycles. The molecule has 1 fully saturated rings. The molecule has 18 heavy (non-hydrogen) atoms. The Bertz CT molecular complexity index is 330. The molecule has 0 aromatic rings. The van der Waals surface area contributed by atoms with Gasteiger partial charge in [0, 0.05) is 12.6 Å². The van der Waals surface area contributed by atoms with Crippen molar-refractivity contribution in [1.29, 1.82) is 0 Å². The minimum absolute atomic E-state index is 0.00305. The minimum atomic E-state index is -0.922. The highest BCUT2D eigenvalue weighted by Crippen LogP contribution is 2.23. The van der Waals surface area contributed by atoms with Gasteiger partial charge in [-0.1, -0.05) is 13.0 Å². The SMILES string of the molecule is C=CCC(C)NC(=O)N1CCCC(C)C1C(=O)O. The number of nitrogens with one attached hydrogen (secondary N) is 1. The van der Waals surface area contributed by atoms with E-state index in [1.165, 1.54) is 4.90 Å². The van der Waals surface area contributed by atoms with Crippen LogP contribution in [0.15, 0.2) is 12.7 Å². The van der Waals surface area contributed by atoms with Crippen molar-refractivity contribution in [2.24, 2.45) is 5.92 Å². The highest BCUT2D eigenvalue weighted by atomic mass is 16.4. The van der Waals surface area contributed by atoms with E-state index < -0.39 is 12.0 Å². The summed E-state index contributed by atoms with van der Waals surface area (Å²) in [5.41, 5.74) is 0. The first kappa shape index (κ1) is 14.5. The van der Waals surface area contributed by atoms with Crippen LogP contribution in [0.3, 0.4) is 0 Å². The fraction of sp³-hybridized carbons (Fsp3) is 0.692. The van der Waals surface area contributed by atoms with Gasteiger partial charge in [0.15, 0.2) is 0 Å². The van der Waals surface area contributed by atoms with Gasteiger partial charge >= 0.3 is 12.0 Å². The molecule has 3 unspecified atom stereocenters. The lowest BCUT2D eigenvalue weighted by Gasteiger charge is -2.37. The summed E-state index contributed by atoms with van der Waals surface area (Å²) in [5.74, 6) is -0.926. The number of carboxylic acid groups (broad SMARTS) is 1. The summed E-state index contributed by atoms with van der Waals surface area (Å²) < 4.78 is 0. The summed E-state index contributed by atoms with van der Waals surface area (Å²) in [4.78, 5) is 24.8. The first-order valence-electron chi connectivity index (χ1n) is 6.38. The molecule has 1 heterocycles. The van der Waals surface area contributed by atoms with Crippen molar-refractivity contribution >= 4 is 12.0 Å². The van der Waals surface area contributed by atoms with Gasteiger partial charge in [0.05, 0.1) is 0 Å². The van der Waals surface area contributed by atoms with Crippen LogP contribution >= 0.6 is 0 Å². The van der Waals surface area contributed by atoms with Crippen LogP contribution in [0.4, 0.5) is 4.79 Å². The molecule has 102 valence electrons. The van der Waals surface area contributed by atoms with Gasteiger partial charge < -0.3 is 15.3 Å². The van der Waals surface area contributed by atoms with Crippen molar-refractivity contribution < 1.29 is 14.7 Å². The average molecular weight is 254 g/mol. The molecule has 0 bridgehead atoms. The topological polar surface area (TPSA) is 69.6 Å². The van der Waals surface area contributed by atoms with Gasteiger partial charge in [-0.3, -0.25) is 0 Å². The summed E-state index contributed by atoms with van der Waals surface area (Å²) in [5, 5.41) is 12.0. The first-order valence-corrected chi connectivity index (χ1v) is 6.38. The lowest BCUT2D eigenvalue weighted by atomic mass is 9.91. The Labute approximate surface area is 108 Å². The van der Waals surface area contributed by atoms with E-state index in [1.807, 2.05) is 13.8 Å². The van der Waals surface area contributed by atoms with E-state index in [0.717, 1.165) is 12.8 Å². The molecular formula is C13H22N2O3. The highest BCUT2D eigenvalue weighted by Gasteiger charge is 2.37. The molecule has 0 aromatic carbocycles. The molecule has 5 heteroatoms. The van der Waals surface area contributed by atoms with Crippen LogP contribution in [0.2, 0.25) is 0 Å². The van der Waals surface area contributed by atoms with Crippen molar-refractivity contribution in [3.05, 3.63) is 12.7 Å². The number of carbonyl (C=O) groups excluding carboxylic acids is 1. The van der Waals surface area contributed by atoms with E-state index >= 15 is 0 Å². The van der Waals surface area contributed by atoms with Gasteiger partial charge in [0.2, 0.25) is 0 Å². The Balaban J connectivity index is 2.69. The summed E-state index contributed by atoms with van der Waals surface area (Å²) in [6.45, 7) is 7.88. The summed E-state index contributed by atoms with van der Waals surface area (Å²) in [6.07, 6.45) is 4.11. The normalized spacial score (nSPS) is 25.3. The van der Waals surface area contributed by atoms with E-state index in [9.17, 15) is 14.7 Å². The number of rotatable bonds is 4. The maximum absolute atomic E-state index is 12.1. The van der Waals surface area contributed by atoms with Crippen LogP contribution in [-0.2, 0) is 4.79 Å². The number of hydrogen-bond acceptors (Lipinski definition) is 2. The smallest absolute Gasteiger partial charge is 0.326 e. The zero-order chi connectivity index (χ0) is 13.7. The predicted octanol–water partition coefficient (Wildman–Crippen LogP) is 1.85. The van der Waals surface area contributed by atoms with Crippen molar-refractivity contribution in [3.8, 4) is 0 Å². The molecule has 2 amide bonds. The molecule has 3 atom stereocenters. The second kappa shape index (κ2) is 6.42. The second-order valence-corrected chi connectivity index (χ2v) is 4.97. The molecule has 1 aliphatic rings. The van der Waals surface area contributed by atoms with Gasteiger partial charge in [0.25, 0.3) is 0 Å². The van der Waals surface area contributed by atoms with Crippen LogP contribution in [0.1, 0.15) is 33.1 Å². The van der Waals surface area contributed by atoms with Crippen LogP contribution in [-0.4, -0.2) is 40.6 Å². The van der Waals surface area contributed by atoms with Crippen molar-refractivity contribution in [3.63, 3.8) is 0 Å². The maximum atomic E-state index is 12.1. The Morgan fingerprint density at radius 3 is 2.83 bits per heavy atom. The average Bonchev–Trinajstić information content (AvgIpc) is 2.28. The molecule has 1 aliphatic heterocycles. The van der Waals surface area contributed by atoms with Crippen LogP contribution in [0.5, 0.6) is 0 Å². The number of amides is 2. The van der Waals surface area contributed by atoms with Gasteiger partial charge in [0.1, 0.15) is 6.04 Å². The van der Waals surface area contributed by atoms with E-state index in [2.05, 4.69) is 11.9 Å². The zero-order valence-corrected chi connectivity index (χ0v) is 11.1. The van der Waals surface area contributed by atoms with Gasteiger partial charge in [-0.05, 0) is 32.1 Å². The predicted molar refractivity (Wildman–Crippen MR) is 69.3 cm³/mol. The van der Waals surface area contributed by atoms with Crippen molar-refractivity contribution in [1.82, 2.24) is 10.2 Å². The molecule has 1 rings (SSSR count). The van der Waals surface area contributed by atoms with Crippen LogP contribution < -0.4 is 5.32 Å². The molecule has 1 saturated heterocycles. The van der Waals surface area contributed by atoms with Crippen LogP contribution in [0, 0.1) is 5.92 Å². The Morgan fingerprint density at radius 2 is 2.28 bits per heavy atom. The van der Waals surface area contributed by atoms with E-state index in [1.54, 1.807) is 6.08 Å². The molecule has 2 N–H and O–H groups in total. The maximum Gasteiger partial charge on any atom is 0.326 e. The third kappa shape index (κ3) is 3.48. The molecule has 0 saturated carbocycles. The standard InChI is InChI=1S/C13H22N2O3/c1-4-6-10(3)14-13(18)15-8-5-7-9(2)11(15)12(16)17/h4,9-11H,1,5-8H2,2-3H3,(H,14,18)(H,16,17). The van der Waals surface area contributed by atoms with Gasteiger partial charge in [-0.2, -0.15) is 0 Å². The second-order valence-electron chi connectivity index (χ2n) is 4.97. The zero-order valence-electron chi connectivity index (χ0n) is 11.1. The molecule has 0 radical (unpaired) electrons. The van der Waals surface area contributed by atoms with E-state index in [0.29, 0.717) is 13.0 Å². The molecule has 0 aliphatic carbocycles. The minimum Gasteiger partial charge on any atom is -0.480 e. The number of likely N-dealkylation sites (tertiary alicyclic amines) is 1.